The summed E-state index contributed by atoms with van der Waals surface area (Å²) in [6.07, 6.45) is 1.21. The highest BCUT2D eigenvalue weighted by atomic mass is 35.5. The van der Waals surface area contributed by atoms with E-state index in [1.807, 2.05) is 0 Å². The van der Waals surface area contributed by atoms with E-state index in [0.717, 1.165) is 0 Å². The van der Waals surface area contributed by atoms with Crippen molar-refractivity contribution in [3.8, 4) is 11.8 Å². The van der Waals surface area contributed by atoms with Crippen molar-refractivity contribution in [3.05, 3.63) is 64.0 Å². The van der Waals surface area contributed by atoms with E-state index in [0.29, 0.717) is 10.6 Å². The van der Waals surface area contributed by atoms with Crippen LogP contribution in [-0.2, 0) is 14.6 Å². The largest absolute Gasteiger partial charge is 0.546 e. The molecule has 0 aliphatic heterocycles. The van der Waals surface area contributed by atoms with E-state index < -0.39 is 27.3 Å². The van der Waals surface area contributed by atoms with Crippen LogP contribution in [0.3, 0.4) is 0 Å². The van der Waals surface area contributed by atoms with Gasteiger partial charge in [-0.3, -0.25) is 0 Å². The summed E-state index contributed by atoms with van der Waals surface area (Å²) >= 11 is 5.74. The van der Waals surface area contributed by atoms with Gasteiger partial charge in [0.1, 0.15) is 23.3 Å². The topological polar surface area (TPSA) is 107 Å². The number of carboxylic acid groups (broad SMARTS) is 1. The third-order valence-corrected chi connectivity index (χ3v) is 4.99. The van der Waals surface area contributed by atoms with Crippen molar-refractivity contribution in [1.29, 1.82) is 5.26 Å². The van der Waals surface area contributed by atoms with Crippen molar-refractivity contribution in [2.45, 2.75) is 4.90 Å². The van der Waals surface area contributed by atoms with Gasteiger partial charge in [-0.2, -0.15) is 5.26 Å². The van der Waals surface area contributed by atoms with Gasteiger partial charge in [0.05, 0.1) is 10.9 Å². The van der Waals surface area contributed by atoms with Gasteiger partial charge in [0.25, 0.3) is 0 Å². The number of hydrogen-bond donors (Lipinski definition) is 0. The molecule has 0 spiro atoms. The number of nitrogens with zero attached hydrogens (tertiary/aromatic N) is 1. The van der Waals surface area contributed by atoms with Gasteiger partial charge in [-0.25, -0.2) is 8.42 Å². The summed E-state index contributed by atoms with van der Waals surface area (Å²) in [4.78, 5) is 9.86. The fraction of sp³-hybridized carbons (Fsp3) is 0.0588. The lowest BCUT2D eigenvalue weighted by Crippen LogP contribution is -2.28. The number of aliphatic carboxylic acids is 1. The normalized spacial score (nSPS) is 11.6. The van der Waals surface area contributed by atoms with E-state index in [4.69, 9.17) is 16.3 Å². The van der Waals surface area contributed by atoms with Crippen molar-refractivity contribution in [2.24, 2.45) is 0 Å². The number of allylic oxidation sites excluding steroid dienone is 1. The molecular weight excluding hydrogens is 366 g/mol. The number of rotatable bonds is 6. The zero-order chi connectivity index (χ0) is 18.4. The summed E-state index contributed by atoms with van der Waals surface area (Å²) in [5.41, 5.74) is 0.440. The van der Waals surface area contributed by atoms with Crippen molar-refractivity contribution >= 4 is 33.5 Å². The van der Waals surface area contributed by atoms with Crippen LogP contribution in [0.4, 0.5) is 0 Å². The first-order valence-electron chi connectivity index (χ1n) is 6.88. The lowest BCUT2D eigenvalue weighted by Gasteiger charge is -2.07. The molecule has 0 aromatic heterocycles. The van der Waals surface area contributed by atoms with E-state index in [2.05, 4.69) is 0 Å². The molecule has 0 atom stereocenters. The average molecular weight is 377 g/mol. The molecule has 2 aromatic rings. The summed E-state index contributed by atoms with van der Waals surface area (Å²) in [6, 6.07) is 13.1. The Labute approximate surface area is 149 Å². The summed E-state index contributed by atoms with van der Waals surface area (Å²) in [5, 5.41) is 19.9. The molecule has 0 radical (unpaired) electrons. The third-order valence-electron chi connectivity index (χ3n) is 3.06. The molecule has 2 rings (SSSR count). The quantitative estimate of drug-likeness (QED) is 0.711. The number of sulfone groups is 1. The molecule has 0 bridgehead atoms. The molecular formula is C17H11ClNO5S-. The molecule has 0 unspecified atom stereocenters. The first-order chi connectivity index (χ1) is 11.8. The van der Waals surface area contributed by atoms with Gasteiger partial charge in [-0.15, -0.1) is 0 Å². The second-order valence-corrected chi connectivity index (χ2v) is 7.16. The van der Waals surface area contributed by atoms with Crippen molar-refractivity contribution in [1.82, 2.24) is 0 Å². The van der Waals surface area contributed by atoms with Gasteiger partial charge in [0.2, 0.25) is 9.84 Å². The summed E-state index contributed by atoms with van der Waals surface area (Å²) < 4.78 is 29.9. The van der Waals surface area contributed by atoms with E-state index in [1.54, 1.807) is 6.07 Å². The third kappa shape index (κ3) is 4.83. The zero-order valence-corrected chi connectivity index (χ0v) is 14.3. The lowest BCUT2D eigenvalue weighted by molar-refractivity contribution is -0.307. The molecule has 6 nitrogen and oxygen atoms in total. The maximum Gasteiger partial charge on any atom is 0.216 e. The standard InChI is InChI=1S/C17H12ClNO5S/c18-13-3-7-15(8-4-13)25(22,23)16(10-19)9-12-1-5-14(6-2-12)24-11-17(20)21/h1-9H,11H2,(H,20,21)/p-1/b16-9+. The average Bonchev–Trinajstić information content (AvgIpc) is 2.59. The van der Waals surface area contributed by atoms with Crippen LogP contribution in [0, 0.1) is 11.3 Å². The molecule has 0 saturated heterocycles. The number of carbonyl (C=O) groups excluding carboxylic acids is 1. The van der Waals surface area contributed by atoms with Crippen molar-refractivity contribution in [2.75, 3.05) is 6.61 Å². The predicted octanol–water partition coefficient (Wildman–Crippen LogP) is 1.81. The second kappa shape index (κ2) is 7.83. The fourth-order valence-electron chi connectivity index (χ4n) is 1.86. The minimum Gasteiger partial charge on any atom is -0.546 e. The lowest BCUT2D eigenvalue weighted by atomic mass is 10.2. The number of hydrogen-bond acceptors (Lipinski definition) is 6. The first-order valence-corrected chi connectivity index (χ1v) is 8.74. The number of carbonyl (C=O) groups is 1. The minimum absolute atomic E-state index is 0.0430. The monoisotopic (exact) mass is 376 g/mol. The van der Waals surface area contributed by atoms with Gasteiger partial charge in [-0.05, 0) is 48.0 Å². The molecule has 0 saturated carbocycles. The first kappa shape index (κ1) is 18.5. The highest BCUT2D eigenvalue weighted by Crippen LogP contribution is 2.23. The molecule has 0 amide bonds. The molecule has 0 aliphatic rings. The van der Waals surface area contributed by atoms with Crippen molar-refractivity contribution in [3.63, 3.8) is 0 Å². The van der Waals surface area contributed by atoms with Gasteiger partial charge in [0, 0.05) is 5.02 Å². The Hall–Kier alpha value is -2.82. The van der Waals surface area contributed by atoms with Gasteiger partial charge >= 0.3 is 0 Å². The number of ether oxygens (including phenoxy) is 1. The Morgan fingerprint density at radius 1 is 1.16 bits per heavy atom. The predicted molar refractivity (Wildman–Crippen MR) is 89.2 cm³/mol. The summed E-state index contributed by atoms with van der Waals surface area (Å²) in [6.45, 7) is -0.594. The minimum atomic E-state index is -3.97. The molecule has 128 valence electrons. The van der Waals surface area contributed by atoms with Gasteiger partial charge in [-0.1, -0.05) is 23.7 Å². The zero-order valence-electron chi connectivity index (χ0n) is 12.7. The van der Waals surface area contributed by atoms with Crippen LogP contribution in [0.5, 0.6) is 5.75 Å². The molecule has 0 fully saturated rings. The Balaban J connectivity index is 2.29. The Bertz CT molecular complexity index is 942. The highest BCUT2D eigenvalue weighted by molar-refractivity contribution is 7.95. The van der Waals surface area contributed by atoms with E-state index in [-0.39, 0.29) is 10.6 Å². The number of halogens is 1. The number of nitriles is 1. The van der Waals surface area contributed by atoms with Crippen LogP contribution >= 0.6 is 11.6 Å². The van der Waals surface area contributed by atoms with Gasteiger partial charge in [0.15, 0.2) is 0 Å². The Kier molecular flexibility index (Phi) is 5.80. The second-order valence-electron chi connectivity index (χ2n) is 4.81. The van der Waals surface area contributed by atoms with E-state index in [1.165, 1.54) is 54.6 Å². The van der Waals surface area contributed by atoms with Crippen LogP contribution in [0.2, 0.25) is 5.02 Å². The smallest absolute Gasteiger partial charge is 0.216 e. The molecule has 2 aromatic carbocycles. The maximum absolute atomic E-state index is 12.5. The summed E-state index contributed by atoms with van der Waals surface area (Å²) in [7, 11) is -3.97. The van der Waals surface area contributed by atoms with Crippen LogP contribution in [0.15, 0.2) is 58.3 Å². The molecule has 25 heavy (non-hydrogen) atoms. The number of benzene rings is 2. The molecule has 0 aliphatic carbocycles. The SMILES string of the molecule is N#C/C(=C\c1ccc(OCC(=O)[O-])cc1)S(=O)(=O)c1ccc(Cl)cc1. The number of carboxylic acids is 1. The Morgan fingerprint density at radius 2 is 1.76 bits per heavy atom. The van der Waals surface area contributed by atoms with Gasteiger partial charge < -0.3 is 14.6 Å². The molecule has 8 heteroatoms. The maximum atomic E-state index is 12.5. The van der Waals surface area contributed by atoms with Crippen LogP contribution < -0.4 is 9.84 Å². The Morgan fingerprint density at radius 3 is 2.28 bits per heavy atom. The van der Waals surface area contributed by atoms with Crippen molar-refractivity contribution < 1.29 is 23.1 Å². The van der Waals surface area contributed by atoms with Crippen LogP contribution in [0.1, 0.15) is 5.56 Å². The highest BCUT2D eigenvalue weighted by Gasteiger charge is 2.20. The van der Waals surface area contributed by atoms with E-state index in [9.17, 15) is 23.6 Å². The molecule has 0 N–H and O–H groups in total. The summed E-state index contributed by atoms with van der Waals surface area (Å²) in [5.74, 6) is -1.08. The van der Waals surface area contributed by atoms with E-state index >= 15 is 0 Å². The fourth-order valence-corrected chi connectivity index (χ4v) is 3.15. The molecule has 0 heterocycles. The van der Waals surface area contributed by atoms with Crippen LogP contribution in [0.25, 0.3) is 6.08 Å². The van der Waals surface area contributed by atoms with Crippen LogP contribution in [-0.4, -0.2) is 21.0 Å².